The molecule has 1 saturated heterocycles. The van der Waals surface area contributed by atoms with Gasteiger partial charge in [0.1, 0.15) is 0 Å². The smallest absolute Gasteiger partial charge is 0.251 e. The van der Waals surface area contributed by atoms with Gasteiger partial charge in [-0.25, -0.2) is 0 Å². The van der Waals surface area contributed by atoms with Gasteiger partial charge in [0.25, 0.3) is 5.91 Å². The van der Waals surface area contributed by atoms with Gasteiger partial charge in [0.2, 0.25) is 0 Å². The molecular formula is C15H22N2O. The molecule has 0 radical (unpaired) electrons. The number of carbonyl (C=O) groups excluding carboxylic acids is 1. The van der Waals surface area contributed by atoms with Crippen LogP contribution in [0.25, 0.3) is 0 Å². The Morgan fingerprint density at radius 3 is 2.83 bits per heavy atom. The van der Waals surface area contributed by atoms with E-state index in [-0.39, 0.29) is 5.91 Å². The number of likely N-dealkylation sites (tertiary alicyclic amines) is 1. The summed E-state index contributed by atoms with van der Waals surface area (Å²) in [6, 6.07) is 10.0. The lowest BCUT2D eigenvalue weighted by Gasteiger charge is -2.32. The Labute approximate surface area is 109 Å². The maximum absolute atomic E-state index is 11.8. The van der Waals surface area contributed by atoms with Crippen molar-refractivity contribution in [2.24, 2.45) is 0 Å². The predicted molar refractivity (Wildman–Crippen MR) is 73.7 cm³/mol. The number of nitrogens with one attached hydrogen (secondary N) is 1. The van der Waals surface area contributed by atoms with Gasteiger partial charge in [-0.15, -0.1) is 0 Å². The maximum Gasteiger partial charge on any atom is 0.251 e. The summed E-state index contributed by atoms with van der Waals surface area (Å²) in [5.74, 6) is 0.0362. The summed E-state index contributed by atoms with van der Waals surface area (Å²) in [7, 11) is 2.18. The molecule has 1 aromatic carbocycles. The first-order valence-electron chi connectivity index (χ1n) is 6.81. The number of nitrogens with zero attached hydrogens (tertiary/aromatic N) is 1. The second-order valence-corrected chi connectivity index (χ2v) is 5.04. The average Bonchev–Trinajstić information content (AvgIpc) is 2.42. The van der Waals surface area contributed by atoms with E-state index in [0.717, 1.165) is 18.5 Å². The molecule has 0 spiro atoms. The van der Waals surface area contributed by atoms with Gasteiger partial charge >= 0.3 is 0 Å². The molecule has 1 aromatic rings. The molecule has 0 unspecified atom stereocenters. The summed E-state index contributed by atoms with van der Waals surface area (Å²) in [5, 5.41) is 3.00. The normalized spacial score (nSPS) is 20.6. The van der Waals surface area contributed by atoms with Gasteiger partial charge in [-0.05, 0) is 45.0 Å². The highest BCUT2D eigenvalue weighted by Crippen LogP contribution is 2.17. The van der Waals surface area contributed by atoms with Crippen LogP contribution in [0, 0.1) is 0 Å². The predicted octanol–water partition coefficient (Wildman–Crippen LogP) is 2.29. The second-order valence-electron chi connectivity index (χ2n) is 5.04. The minimum Gasteiger partial charge on any atom is -0.352 e. The van der Waals surface area contributed by atoms with Crippen LogP contribution in [0.15, 0.2) is 30.3 Å². The molecule has 98 valence electrons. The highest BCUT2D eigenvalue weighted by atomic mass is 16.1. The van der Waals surface area contributed by atoms with Gasteiger partial charge in [0, 0.05) is 18.2 Å². The van der Waals surface area contributed by atoms with Gasteiger partial charge in [0.05, 0.1) is 0 Å². The van der Waals surface area contributed by atoms with E-state index in [2.05, 4.69) is 17.3 Å². The van der Waals surface area contributed by atoms with E-state index in [1.54, 1.807) is 0 Å². The van der Waals surface area contributed by atoms with Gasteiger partial charge < -0.3 is 10.2 Å². The summed E-state index contributed by atoms with van der Waals surface area (Å²) < 4.78 is 0. The first-order chi connectivity index (χ1) is 8.77. The first-order valence-corrected chi connectivity index (χ1v) is 6.81. The zero-order chi connectivity index (χ0) is 12.8. The largest absolute Gasteiger partial charge is 0.352 e. The summed E-state index contributed by atoms with van der Waals surface area (Å²) in [6.07, 6.45) is 4.94. The zero-order valence-electron chi connectivity index (χ0n) is 11.1. The quantitative estimate of drug-likeness (QED) is 0.884. The van der Waals surface area contributed by atoms with Crippen LogP contribution in [0.3, 0.4) is 0 Å². The molecule has 0 bridgehead atoms. The summed E-state index contributed by atoms with van der Waals surface area (Å²) in [6.45, 7) is 1.96. The monoisotopic (exact) mass is 246 g/mol. The van der Waals surface area contributed by atoms with E-state index < -0.39 is 0 Å². The van der Waals surface area contributed by atoms with Crippen LogP contribution in [-0.4, -0.2) is 37.0 Å². The van der Waals surface area contributed by atoms with Gasteiger partial charge in [-0.1, -0.05) is 24.6 Å². The van der Waals surface area contributed by atoms with Crippen LogP contribution in [0.4, 0.5) is 0 Å². The number of amides is 1. The molecule has 1 aliphatic heterocycles. The SMILES string of the molecule is CN1CCCC[C@@H]1CCNC(=O)c1ccccc1. The fourth-order valence-corrected chi connectivity index (χ4v) is 2.55. The summed E-state index contributed by atoms with van der Waals surface area (Å²) in [4.78, 5) is 14.3. The molecule has 1 atom stereocenters. The van der Waals surface area contributed by atoms with Crippen molar-refractivity contribution in [2.75, 3.05) is 20.1 Å². The van der Waals surface area contributed by atoms with Crippen LogP contribution in [0.2, 0.25) is 0 Å². The minimum absolute atomic E-state index is 0.0362. The van der Waals surface area contributed by atoms with Crippen LogP contribution >= 0.6 is 0 Å². The zero-order valence-corrected chi connectivity index (χ0v) is 11.1. The molecule has 1 fully saturated rings. The molecule has 1 aliphatic rings. The summed E-state index contributed by atoms with van der Waals surface area (Å²) >= 11 is 0. The fraction of sp³-hybridized carbons (Fsp3) is 0.533. The lowest BCUT2D eigenvalue weighted by atomic mass is 10.0. The summed E-state index contributed by atoms with van der Waals surface area (Å²) in [5.41, 5.74) is 0.745. The molecule has 18 heavy (non-hydrogen) atoms. The lowest BCUT2D eigenvalue weighted by Crippen LogP contribution is -2.39. The number of rotatable bonds is 4. The highest BCUT2D eigenvalue weighted by molar-refractivity contribution is 5.94. The van der Waals surface area contributed by atoms with E-state index >= 15 is 0 Å². The van der Waals surface area contributed by atoms with Gasteiger partial charge in [0.15, 0.2) is 0 Å². The van der Waals surface area contributed by atoms with E-state index in [0.29, 0.717) is 6.04 Å². The minimum atomic E-state index is 0.0362. The topological polar surface area (TPSA) is 32.3 Å². The van der Waals surface area contributed by atoms with E-state index in [9.17, 15) is 4.79 Å². The average molecular weight is 246 g/mol. The molecule has 3 heteroatoms. The third-order valence-corrected chi connectivity index (χ3v) is 3.72. The number of hydrogen-bond acceptors (Lipinski definition) is 2. The van der Waals surface area contributed by atoms with Crippen molar-refractivity contribution < 1.29 is 4.79 Å². The number of piperidine rings is 1. The Morgan fingerprint density at radius 1 is 1.33 bits per heavy atom. The van der Waals surface area contributed by atoms with Crippen LogP contribution in [0.5, 0.6) is 0 Å². The third-order valence-electron chi connectivity index (χ3n) is 3.72. The fourth-order valence-electron chi connectivity index (χ4n) is 2.55. The van der Waals surface area contributed by atoms with Crippen molar-refractivity contribution in [2.45, 2.75) is 31.7 Å². The van der Waals surface area contributed by atoms with Gasteiger partial charge in [-0.2, -0.15) is 0 Å². The van der Waals surface area contributed by atoms with Crippen molar-refractivity contribution in [1.82, 2.24) is 10.2 Å². The number of benzene rings is 1. The Bertz CT molecular complexity index is 377. The molecule has 1 heterocycles. The Kier molecular flexibility index (Phi) is 4.76. The van der Waals surface area contributed by atoms with Crippen molar-refractivity contribution in [3.05, 3.63) is 35.9 Å². The number of hydrogen-bond donors (Lipinski definition) is 1. The van der Waals surface area contributed by atoms with Crippen molar-refractivity contribution in [3.8, 4) is 0 Å². The van der Waals surface area contributed by atoms with Crippen molar-refractivity contribution >= 4 is 5.91 Å². The highest BCUT2D eigenvalue weighted by Gasteiger charge is 2.18. The third kappa shape index (κ3) is 3.57. The molecule has 0 aromatic heterocycles. The van der Waals surface area contributed by atoms with Crippen molar-refractivity contribution in [1.29, 1.82) is 0 Å². The molecular weight excluding hydrogens is 224 g/mol. The van der Waals surface area contributed by atoms with Crippen LogP contribution in [0.1, 0.15) is 36.0 Å². The van der Waals surface area contributed by atoms with Gasteiger partial charge in [-0.3, -0.25) is 4.79 Å². The van der Waals surface area contributed by atoms with Crippen LogP contribution < -0.4 is 5.32 Å². The lowest BCUT2D eigenvalue weighted by molar-refractivity contribution is 0.0945. The van der Waals surface area contributed by atoms with Crippen LogP contribution in [-0.2, 0) is 0 Å². The first kappa shape index (κ1) is 13.1. The molecule has 2 rings (SSSR count). The molecule has 1 N–H and O–H groups in total. The Balaban J connectivity index is 1.73. The van der Waals surface area contributed by atoms with E-state index in [4.69, 9.17) is 0 Å². The Morgan fingerprint density at radius 2 is 2.11 bits per heavy atom. The molecule has 0 aliphatic carbocycles. The van der Waals surface area contributed by atoms with Crippen molar-refractivity contribution in [3.63, 3.8) is 0 Å². The Hall–Kier alpha value is -1.35. The number of carbonyl (C=O) groups is 1. The van der Waals surface area contributed by atoms with E-state index in [1.807, 2.05) is 30.3 Å². The molecule has 0 saturated carbocycles. The standard InChI is InChI=1S/C15H22N2O/c1-17-12-6-5-9-14(17)10-11-16-15(18)13-7-3-2-4-8-13/h2-4,7-8,14H,5-6,9-12H2,1H3,(H,16,18)/t14-/m1/s1. The molecule has 1 amide bonds. The second kappa shape index (κ2) is 6.55. The maximum atomic E-state index is 11.8. The van der Waals surface area contributed by atoms with E-state index in [1.165, 1.54) is 25.8 Å². The molecule has 3 nitrogen and oxygen atoms in total.